The van der Waals surface area contributed by atoms with Crippen LogP contribution < -0.4 is 0 Å². The smallest absolute Gasteiger partial charge is 0.354 e. The van der Waals surface area contributed by atoms with Crippen molar-refractivity contribution in [2.45, 2.75) is 0 Å². The van der Waals surface area contributed by atoms with Crippen LogP contribution in [0.25, 0.3) is 0 Å². The number of hydrogen-bond acceptors (Lipinski definition) is 3. The first-order valence-electron chi connectivity index (χ1n) is 3.99. The number of carboxylic acid groups (broad SMARTS) is 2. The first kappa shape index (κ1) is 19.3. The van der Waals surface area contributed by atoms with Crippen LogP contribution in [0.3, 0.4) is 0 Å². The van der Waals surface area contributed by atoms with Gasteiger partial charge >= 0.3 is 71.5 Å². The van der Waals surface area contributed by atoms with Crippen LogP contribution >= 0.6 is 71.2 Å². The van der Waals surface area contributed by atoms with Gasteiger partial charge in [0.15, 0.2) is 11.4 Å². The van der Waals surface area contributed by atoms with Gasteiger partial charge in [0.1, 0.15) is 0 Å². The topological polar surface area (TPSA) is 87.5 Å². The predicted molar refractivity (Wildman–Crippen MR) is 79.4 cm³/mol. The quantitative estimate of drug-likeness (QED) is 0.635. The van der Waals surface area contributed by atoms with E-state index < -0.39 is 15.3 Å². The van der Waals surface area contributed by atoms with Crippen molar-refractivity contribution in [1.82, 2.24) is 4.98 Å². The number of nitrogens with zero attached hydrogens (tertiary/aromatic N) is 1. The summed E-state index contributed by atoms with van der Waals surface area (Å²) in [6, 6.07) is 2.16. The molecule has 19 heavy (non-hydrogen) atoms. The van der Waals surface area contributed by atoms with E-state index in [2.05, 4.69) is 4.98 Å². The van der Waals surface area contributed by atoms with E-state index in [-0.39, 0.29) is 16.4 Å². The molecule has 12 heteroatoms. The van der Waals surface area contributed by atoms with Crippen molar-refractivity contribution in [2.24, 2.45) is 0 Å². The molecule has 0 aliphatic rings. The molecule has 108 valence electrons. The summed E-state index contributed by atoms with van der Waals surface area (Å²) < 4.78 is -3.69. The van der Waals surface area contributed by atoms with Crippen LogP contribution in [0.5, 0.6) is 0 Å². The fourth-order valence-electron chi connectivity index (χ4n) is 0.716. The van der Waals surface area contributed by atoms with Gasteiger partial charge < -0.3 is 10.2 Å². The van der Waals surface area contributed by atoms with Crippen molar-refractivity contribution in [3.8, 4) is 0 Å². The van der Waals surface area contributed by atoms with Gasteiger partial charge in [0.05, 0.1) is 0 Å². The van der Waals surface area contributed by atoms with Crippen LogP contribution in [0.4, 0.5) is 0 Å². The van der Waals surface area contributed by atoms with E-state index in [1.165, 1.54) is 0 Å². The maximum absolute atomic E-state index is 10.4. The second-order valence-corrected chi connectivity index (χ2v) is 19.9. The first-order valence-corrected chi connectivity index (χ1v) is 11.1. The van der Waals surface area contributed by atoms with Crippen LogP contribution in [-0.2, 0) is 0 Å². The summed E-state index contributed by atoms with van der Waals surface area (Å²) in [6.45, 7) is 0. The molecule has 1 heterocycles. The molecule has 0 unspecified atom stereocenters. The Hall–Kier alpha value is 0.260. The van der Waals surface area contributed by atoms with Crippen molar-refractivity contribution in [3.63, 3.8) is 0 Å². The molecule has 1 aromatic heterocycles. The summed E-state index contributed by atoms with van der Waals surface area (Å²) in [5, 5.41) is 17.0. The molecule has 0 radical (unpaired) electrons. The molecule has 0 amide bonds. The molecule has 0 saturated heterocycles. The van der Waals surface area contributed by atoms with Gasteiger partial charge in [-0.05, 0) is 12.1 Å². The van der Waals surface area contributed by atoms with Crippen LogP contribution in [0.2, 0.25) is 5.02 Å². The van der Waals surface area contributed by atoms with E-state index >= 15 is 0 Å². The van der Waals surface area contributed by atoms with Crippen LogP contribution in [0, 0.1) is 0 Å². The van der Waals surface area contributed by atoms with Crippen LogP contribution in [0.15, 0.2) is 12.1 Å². The Kier molecular flexibility index (Phi) is 6.90. The zero-order valence-electron chi connectivity index (χ0n) is 8.53. The van der Waals surface area contributed by atoms with Gasteiger partial charge in [-0.25, -0.2) is 14.6 Å². The maximum Gasteiger partial charge on any atom is 0.354 e. The minimum Gasteiger partial charge on any atom is -0.477 e. The molecule has 0 bridgehead atoms. The number of rotatable bonds is 2. The Morgan fingerprint density at radius 1 is 0.947 bits per heavy atom. The molecule has 1 aromatic rings. The standard InChI is InChI=1S/C7H4ClNO4.Cl5P/c8-3-1-4(6(10)11)9-5(2-3)7(12)13;1-6(2,3,4)5/h1-2H,(H,10,11)(H,12,13);. The molecule has 0 fully saturated rings. The monoisotopic (exact) mass is 407 g/mol. The van der Waals surface area contributed by atoms with Crippen molar-refractivity contribution in [1.29, 1.82) is 0 Å². The number of pyridine rings is 1. The number of halogens is 6. The molecule has 0 aliphatic carbocycles. The van der Waals surface area contributed by atoms with Crippen molar-refractivity contribution in [2.75, 3.05) is 0 Å². The van der Waals surface area contributed by atoms with Gasteiger partial charge in [0.2, 0.25) is 0 Å². The van der Waals surface area contributed by atoms with Crippen LogP contribution in [-0.4, -0.2) is 27.1 Å². The largest absolute Gasteiger partial charge is 0.477 e. The van der Waals surface area contributed by atoms with Crippen molar-refractivity contribution < 1.29 is 19.8 Å². The van der Waals surface area contributed by atoms with Crippen LogP contribution in [0.1, 0.15) is 21.0 Å². The maximum atomic E-state index is 10.4. The number of carbonyl (C=O) groups is 2. The Bertz CT molecular complexity index is 465. The third kappa shape index (κ3) is 11.8. The fourth-order valence-corrected chi connectivity index (χ4v) is 0.923. The number of aromatic nitrogens is 1. The average molecular weight is 410 g/mol. The molecular formula is C7H4Cl6NO4P. The molecule has 0 spiro atoms. The third-order valence-electron chi connectivity index (χ3n) is 1.23. The molecule has 0 aromatic carbocycles. The normalized spacial score (nSPS) is 12.6. The number of carboxylic acids is 2. The zero-order valence-corrected chi connectivity index (χ0v) is 14.0. The second-order valence-electron chi connectivity index (χ2n) is 2.81. The Morgan fingerprint density at radius 3 is 1.42 bits per heavy atom. The summed E-state index contributed by atoms with van der Waals surface area (Å²) in [4.78, 5) is 24.2. The van der Waals surface area contributed by atoms with Crippen molar-refractivity contribution >= 4 is 83.1 Å². The average Bonchev–Trinajstić information content (AvgIpc) is 2.12. The summed E-state index contributed by atoms with van der Waals surface area (Å²) in [5.74, 6) is -2.63. The summed E-state index contributed by atoms with van der Waals surface area (Å²) in [7, 11) is 0. The number of hydrogen-bond donors (Lipinski definition) is 2. The fraction of sp³-hybridized carbons (Fsp3) is 0. The van der Waals surface area contributed by atoms with E-state index in [1.54, 1.807) is 0 Å². The molecule has 1 rings (SSSR count). The molecule has 0 atom stereocenters. The molecule has 5 nitrogen and oxygen atoms in total. The van der Waals surface area contributed by atoms with E-state index in [1.807, 2.05) is 0 Å². The Morgan fingerprint density at radius 2 is 1.21 bits per heavy atom. The predicted octanol–water partition coefficient (Wildman–Crippen LogP) is 5.44. The first-order chi connectivity index (χ1) is 8.24. The Labute approximate surface area is 136 Å². The summed E-state index contributed by atoms with van der Waals surface area (Å²) >= 11 is 30.4. The third-order valence-corrected chi connectivity index (χ3v) is 1.45. The molecule has 2 N–H and O–H groups in total. The molecular weight excluding hydrogens is 406 g/mol. The summed E-state index contributed by atoms with van der Waals surface area (Å²) in [5.41, 5.74) is -0.769. The number of aromatic carboxylic acids is 2. The zero-order chi connectivity index (χ0) is 15.5. The second kappa shape index (κ2) is 6.81. The van der Waals surface area contributed by atoms with Gasteiger partial charge in [-0.2, -0.15) is 0 Å². The van der Waals surface area contributed by atoms with Crippen molar-refractivity contribution in [3.05, 3.63) is 28.5 Å². The van der Waals surface area contributed by atoms with Gasteiger partial charge in [0.25, 0.3) is 0 Å². The van der Waals surface area contributed by atoms with Gasteiger partial charge in [-0.15, -0.1) is 0 Å². The van der Waals surface area contributed by atoms with Gasteiger partial charge in [0, 0.05) is 5.02 Å². The van der Waals surface area contributed by atoms with E-state index in [0.717, 1.165) is 12.1 Å². The van der Waals surface area contributed by atoms with E-state index in [9.17, 15) is 9.59 Å². The van der Waals surface area contributed by atoms with Gasteiger partial charge in [-0.1, -0.05) is 11.6 Å². The van der Waals surface area contributed by atoms with Gasteiger partial charge in [-0.3, -0.25) is 0 Å². The SMILES string of the molecule is ClP(Cl)(Cl)(Cl)Cl.O=C(O)c1cc(Cl)cc(C(=O)O)n1. The van der Waals surface area contributed by atoms with E-state index in [0.29, 0.717) is 0 Å². The summed E-state index contributed by atoms with van der Waals surface area (Å²) in [6.07, 6.45) is 0. The minimum atomic E-state index is -3.69. The molecule has 0 aliphatic heterocycles. The minimum absolute atomic E-state index is 0.0322. The van der Waals surface area contributed by atoms with E-state index in [4.69, 9.17) is 78.0 Å². The molecule has 0 saturated carbocycles. The Balaban J connectivity index is 0.000000459.